The number of nitrogens with zero attached hydrogens (tertiary/aromatic N) is 1. The Morgan fingerprint density at radius 2 is 2.14 bits per heavy atom. The fraction of sp³-hybridized carbons (Fsp3) is 0.471. The molecule has 1 aromatic heterocycles. The summed E-state index contributed by atoms with van der Waals surface area (Å²) in [6.07, 6.45) is 2.84. The Kier molecular flexibility index (Phi) is 4.30. The van der Waals surface area contributed by atoms with Gasteiger partial charge in [0.2, 0.25) is 0 Å². The van der Waals surface area contributed by atoms with Crippen molar-refractivity contribution in [2.45, 2.75) is 44.8 Å². The third-order valence-corrected chi connectivity index (χ3v) is 5.73. The minimum Gasteiger partial charge on any atom is -0.389 e. The van der Waals surface area contributed by atoms with Crippen molar-refractivity contribution in [3.05, 3.63) is 40.7 Å². The zero-order chi connectivity index (χ0) is 15.7. The summed E-state index contributed by atoms with van der Waals surface area (Å²) in [5.41, 5.74) is 0.928. The zero-order valence-corrected chi connectivity index (χ0v) is 13.7. The van der Waals surface area contributed by atoms with Crippen LogP contribution in [0.2, 0.25) is 0 Å². The standard InChI is InChI=1S/C17H21FN2OS/c1-11(19-10-17(21)8-5-9-17)15-12(2)20-16(22-15)13-6-3-4-7-14(13)18/h3-4,6-7,11,19,21H,5,8-10H2,1-2H3. The van der Waals surface area contributed by atoms with Gasteiger partial charge in [-0.05, 0) is 45.2 Å². The van der Waals surface area contributed by atoms with E-state index < -0.39 is 5.60 Å². The van der Waals surface area contributed by atoms with Crippen LogP contribution in [0.1, 0.15) is 42.8 Å². The van der Waals surface area contributed by atoms with Gasteiger partial charge >= 0.3 is 0 Å². The number of aliphatic hydroxyl groups is 1. The average Bonchev–Trinajstić information content (AvgIpc) is 2.85. The summed E-state index contributed by atoms with van der Waals surface area (Å²) in [5, 5.41) is 14.3. The van der Waals surface area contributed by atoms with Crippen molar-refractivity contribution in [2.75, 3.05) is 6.54 Å². The fourth-order valence-corrected chi connectivity index (χ4v) is 3.88. The van der Waals surface area contributed by atoms with E-state index in [1.807, 2.05) is 13.0 Å². The highest BCUT2D eigenvalue weighted by atomic mass is 32.1. The van der Waals surface area contributed by atoms with E-state index >= 15 is 0 Å². The molecule has 2 aromatic rings. The van der Waals surface area contributed by atoms with Gasteiger partial charge in [0, 0.05) is 23.0 Å². The molecule has 0 spiro atoms. The van der Waals surface area contributed by atoms with Gasteiger partial charge in [-0.1, -0.05) is 12.1 Å². The lowest BCUT2D eigenvalue weighted by Crippen LogP contribution is -2.46. The predicted octanol–water partition coefficient (Wildman–Crippen LogP) is 3.82. The molecule has 22 heavy (non-hydrogen) atoms. The van der Waals surface area contributed by atoms with Gasteiger partial charge in [0.25, 0.3) is 0 Å². The van der Waals surface area contributed by atoms with E-state index in [9.17, 15) is 9.50 Å². The molecule has 3 rings (SSSR count). The second kappa shape index (κ2) is 6.07. The Balaban J connectivity index is 1.76. The molecule has 0 bridgehead atoms. The zero-order valence-electron chi connectivity index (χ0n) is 12.9. The molecule has 0 aliphatic heterocycles. The van der Waals surface area contributed by atoms with Crippen LogP contribution in [0.5, 0.6) is 0 Å². The van der Waals surface area contributed by atoms with Crippen molar-refractivity contribution in [3.63, 3.8) is 0 Å². The van der Waals surface area contributed by atoms with Gasteiger partial charge in [-0.25, -0.2) is 9.37 Å². The minimum absolute atomic E-state index is 0.0997. The summed E-state index contributed by atoms with van der Waals surface area (Å²) in [6.45, 7) is 4.61. The third kappa shape index (κ3) is 3.07. The molecule has 1 saturated carbocycles. The number of rotatable bonds is 5. The van der Waals surface area contributed by atoms with Crippen molar-refractivity contribution >= 4 is 11.3 Å². The molecule has 3 nitrogen and oxygen atoms in total. The van der Waals surface area contributed by atoms with E-state index in [0.29, 0.717) is 17.1 Å². The van der Waals surface area contributed by atoms with Crippen LogP contribution in [-0.4, -0.2) is 22.2 Å². The quantitative estimate of drug-likeness (QED) is 0.880. The summed E-state index contributed by atoms with van der Waals surface area (Å²) in [6, 6.07) is 6.82. The maximum Gasteiger partial charge on any atom is 0.133 e. The van der Waals surface area contributed by atoms with Crippen LogP contribution in [0.3, 0.4) is 0 Å². The fourth-order valence-electron chi connectivity index (χ4n) is 2.76. The summed E-state index contributed by atoms with van der Waals surface area (Å²) in [5.74, 6) is -0.243. The highest BCUT2D eigenvalue weighted by molar-refractivity contribution is 7.15. The van der Waals surface area contributed by atoms with Crippen LogP contribution < -0.4 is 5.32 Å². The summed E-state index contributed by atoms with van der Waals surface area (Å²) in [7, 11) is 0. The van der Waals surface area contributed by atoms with Gasteiger partial charge in [0.05, 0.1) is 11.3 Å². The number of hydrogen-bond donors (Lipinski definition) is 2. The number of thiazole rings is 1. The molecule has 2 N–H and O–H groups in total. The van der Waals surface area contributed by atoms with Crippen LogP contribution in [0.15, 0.2) is 24.3 Å². The molecule has 1 fully saturated rings. The third-order valence-electron chi connectivity index (χ3n) is 4.35. The monoisotopic (exact) mass is 320 g/mol. The Hall–Kier alpha value is -1.30. The molecule has 0 radical (unpaired) electrons. The van der Waals surface area contributed by atoms with Gasteiger partial charge in [-0.3, -0.25) is 0 Å². The van der Waals surface area contributed by atoms with Gasteiger partial charge in [-0.15, -0.1) is 11.3 Å². The molecule has 1 unspecified atom stereocenters. The van der Waals surface area contributed by atoms with Crippen molar-refractivity contribution in [1.82, 2.24) is 10.3 Å². The molecule has 5 heteroatoms. The summed E-state index contributed by atoms with van der Waals surface area (Å²) in [4.78, 5) is 5.62. The minimum atomic E-state index is -0.540. The molecule has 0 saturated heterocycles. The van der Waals surface area contributed by atoms with Crippen molar-refractivity contribution in [2.24, 2.45) is 0 Å². The molecular formula is C17H21FN2OS. The first-order valence-corrected chi connectivity index (χ1v) is 8.48. The van der Waals surface area contributed by atoms with Gasteiger partial charge in [0.15, 0.2) is 0 Å². The first-order chi connectivity index (χ1) is 10.5. The largest absolute Gasteiger partial charge is 0.389 e. The highest BCUT2D eigenvalue weighted by Crippen LogP contribution is 2.34. The molecular weight excluding hydrogens is 299 g/mol. The highest BCUT2D eigenvalue weighted by Gasteiger charge is 2.34. The van der Waals surface area contributed by atoms with Gasteiger partial charge in [0.1, 0.15) is 10.8 Å². The van der Waals surface area contributed by atoms with Crippen molar-refractivity contribution < 1.29 is 9.50 Å². The smallest absolute Gasteiger partial charge is 0.133 e. The van der Waals surface area contributed by atoms with E-state index in [1.54, 1.807) is 12.1 Å². The lowest BCUT2D eigenvalue weighted by atomic mass is 9.80. The van der Waals surface area contributed by atoms with E-state index in [4.69, 9.17) is 0 Å². The van der Waals surface area contributed by atoms with E-state index in [2.05, 4.69) is 17.2 Å². The summed E-state index contributed by atoms with van der Waals surface area (Å²) >= 11 is 1.52. The first kappa shape index (κ1) is 15.6. The van der Waals surface area contributed by atoms with E-state index in [-0.39, 0.29) is 11.9 Å². The predicted molar refractivity (Wildman–Crippen MR) is 87.5 cm³/mol. The number of aryl methyl sites for hydroxylation is 1. The van der Waals surface area contributed by atoms with Gasteiger partial charge in [-0.2, -0.15) is 0 Å². The number of halogens is 1. The Morgan fingerprint density at radius 3 is 2.77 bits per heavy atom. The second-order valence-corrected chi connectivity index (χ2v) is 7.16. The number of aromatic nitrogens is 1. The van der Waals surface area contributed by atoms with Crippen LogP contribution in [0.4, 0.5) is 4.39 Å². The maximum absolute atomic E-state index is 13.9. The first-order valence-electron chi connectivity index (χ1n) is 7.66. The van der Waals surface area contributed by atoms with Gasteiger partial charge < -0.3 is 10.4 Å². The van der Waals surface area contributed by atoms with E-state index in [1.165, 1.54) is 17.4 Å². The van der Waals surface area contributed by atoms with E-state index in [0.717, 1.165) is 29.8 Å². The molecule has 1 heterocycles. The van der Waals surface area contributed by atoms with Crippen LogP contribution >= 0.6 is 11.3 Å². The Labute approximate surface area is 134 Å². The topological polar surface area (TPSA) is 45.2 Å². The molecule has 0 amide bonds. The Morgan fingerprint density at radius 1 is 1.41 bits per heavy atom. The molecule has 1 aromatic carbocycles. The molecule has 118 valence electrons. The SMILES string of the molecule is Cc1nc(-c2ccccc2F)sc1C(C)NCC1(O)CCC1. The Bertz CT molecular complexity index is 666. The van der Waals surface area contributed by atoms with Crippen LogP contribution in [0, 0.1) is 12.7 Å². The van der Waals surface area contributed by atoms with Crippen molar-refractivity contribution in [1.29, 1.82) is 0 Å². The second-order valence-electron chi connectivity index (χ2n) is 6.13. The molecule has 1 atom stereocenters. The normalized spacial score (nSPS) is 18.0. The lowest BCUT2D eigenvalue weighted by molar-refractivity contribution is -0.0328. The molecule has 1 aliphatic carbocycles. The van der Waals surface area contributed by atoms with Crippen LogP contribution in [-0.2, 0) is 0 Å². The number of hydrogen-bond acceptors (Lipinski definition) is 4. The number of nitrogens with one attached hydrogen (secondary N) is 1. The van der Waals surface area contributed by atoms with Crippen LogP contribution in [0.25, 0.3) is 10.6 Å². The lowest BCUT2D eigenvalue weighted by Gasteiger charge is -2.37. The van der Waals surface area contributed by atoms with Crippen molar-refractivity contribution in [3.8, 4) is 10.6 Å². The average molecular weight is 320 g/mol. The maximum atomic E-state index is 13.9. The summed E-state index contributed by atoms with van der Waals surface area (Å²) < 4.78 is 13.9. The number of benzene rings is 1. The molecule has 1 aliphatic rings.